The number of hydrogen-bond donors (Lipinski definition) is 1. The van der Waals surface area contributed by atoms with Gasteiger partial charge in [0.15, 0.2) is 0 Å². The van der Waals surface area contributed by atoms with Crippen LogP contribution in [0.1, 0.15) is 26.3 Å². The van der Waals surface area contributed by atoms with Gasteiger partial charge < -0.3 is 0 Å². The lowest BCUT2D eigenvalue weighted by Crippen LogP contribution is -2.16. The van der Waals surface area contributed by atoms with Crippen LogP contribution in [0.3, 0.4) is 0 Å². The van der Waals surface area contributed by atoms with Gasteiger partial charge in [-0.1, -0.05) is 44.5 Å². The topological polar surface area (TPSA) is 76.4 Å². The predicted octanol–water partition coefficient (Wildman–Crippen LogP) is 5.15. The maximum atomic E-state index is 13.0. The van der Waals surface area contributed by atoms with E-state index in [1.807, 2.05) is 30.3 Å². The summed E-state index contributed by atoms with van der Waals surface area (Å²) in [7, 11) is -3.80. The van der Waals surface area contributed by atoms with Gasteiger partial charge in [0.1, 0.15) is 5.82 Å². The van der Waals surface area contributed by atoms with Gasteiger partial charge in [-0.25, -0.2) is 12.9 Å². The molecule has 0 saturated heterocycles. The van der Waals surface area contributed by atoms with Gasteiger partial charge in [-0.15, -0.1) is 0 Å². The van der Waals surface area contributed by atoms with E-state index in [0.717, 1.165) is 11.1 Å². The van der Waals surface area contributed by atoms with Gasteiger partial charge in [0.2, 0.25) is 0 Å². The Morgan fingerprint density at radius 1 is 0.967 bits per heavy atom. The SMILES string of the molecule is CC(C)(C)c1ccc(S(=O)(=O)Nc2ccc(Cl)c3cc(-c4ccncc4)nn23)cc1. The molecular formula is C22H21ClN4O2S. The summed E-state index contributed by atoms with van der Waals surface area (Å²) in [4.78, 5) is 4.19. The third-order valence-corrected chi connectivity index (χ3v) is 6.51. The third kappa shape index (κ3) is 3.91. The molecule has 0 aliphatic carbocycles. The number of pyridine rings is 2. The van der Waals surface area contributed by atoms with Crippen molar-refractivity contribution in [2.45, 2.75) is 31.1 Å². The molecule has 0 aliphatic heterocycles. The zero-order valence-electron chi connectivity index (χ0n) is 16.8. The number of benzene rings is 1. The highest BCUT2D eigenvalue weighted by Gasteiger charge is 2.20. The number of sulfonamides is 1. The Kier molecular flexibility index (Phi) is 5.03. The number of aromatic nitrogens is 3. The Balaban J connectivity index is 1.73. The van der Waals surface area contributed by atoms with E-state index < -0.39 is 10.0 Å². The largest absolute Gasteiger partial charge is 0.265 e. The number of anilines is 1. The minimum absolute atomic E-state index is 0.0590. The van der Waals surface area contributed by atoms with Crippen LogP contribution in [0.4, 0.5) is 5.82 Å². The van der Waals surface area contributed by atoms with E-state index in [1.54, 1.807) is 36.7 Å². The molecule has 30 heavy (non-hydrogen) atoms. The summed E-state index contributed by atoms with van der Waals surface area (Å²) in [5, 5.41) is 5.02. The fourth-order valence-corrected chi connectivity index (χ4v) is 4.35. The fraction of sp³-hybridized carbons (Fsp3) is 0.182. The molecule has 0 amide bonds. The van der Waals surface area contributed by atoms with E-state index in [-0.39, 0.29) is 10.3 Å². The van der Waals surface area contributed by atoms with Gasteiger partial charge >= 0.3 is 0 Å². The normalized spacial score (nSPS) is 12.3. The third-order valence-electron chi connectivity index (χ3n) is 4.82. The summed E-state index contributed by atoms with van der Waals surface area (Å²) in [6.07, 6.45) is 3.34. The van der Waals surface area contributed by atoms with Crippen LogP contribution in [0.15, 0.2) is 71.9 Å². The first-order valence-electron chi connectivity index (χ1n) is 9.37. The molecule has 8 heteroatoms. The molecule has 0 spiro atoms. The molecule has 6 nitrogen and oxygen atoms in total. The number of nitrogens with one attached hydrogen (secondary N) is 1. The highest BCUT2D eigenvalue weighted by molar-refractivity contribution is 7.92. The van der Waals surface area contributed by atoms with E-state index in [2.05, 4.69) is 35.6 Å². The van der Waals surface area contributed by atoms with Crippen molar-refractivity contribution in [3.8, 4) is 11.3 Å². The maximum absolute atomic E-state index is 13.0. The average Bonchev–Trinajstić information content (AvgIpc) is 3.17. The molecule has 0 aliphatic rings. The van der Waals surface area contributed by atoms with Crippen LogP contribution in [-0.2, 0) is 15.4 Å². The Bertz CT molecular complexity index is 1310. The number of hydrogen-bond acceptors (Lipinski definition) is 4. The zero-order valence-corrected chi connectivity index (χ0v) is 18.4. The summed E-state index contributed by atoms with van der Waals surface area (Å²) in [6.45, 7) is 6.24. The second kappa shape index (κ2) is 7.41. The molecule has 0 fully saturated rings. The monoisotopic (exact) mass is 440 g/mol. The molecule has 4 aromatic rings. The summed E-state index contributed by atoms with van der Waals surface area (Å²) >= 11 is 6.33. The Morgan fingerprint density at radius 2 is 1.63 bits per heavy atom. The predicted molar refractivity (Wildman–Crippen MR) is 119 cm³/mol. The molecule has 0 saturated carbocycles. The van der Waals surface area contributed by atoms with Crippen molar-refractivity contribution in [1.29, 1.82) is 0 Å². The van der Waals surface area contributed by atoms with Crippen molar-refractivity contribution < 1.29 is 8.42 Å². The molecule has 4 rings (SSSR count). The summed E-state index contributed by atoms with van der Waals surface area (Å²) in [5.74, 6) is 0.301. The number of rotatable bonds is 4. The smallest absolute Gasteiger partial charge is 0.263 e. The summed E-state index contributed by atoms with van der Waals surface area (Å²) in [5.41, 5.74) is 3.13. The van der Waals surface area contributed by atoms with Crippen LogP contribution in [0.25, 0.3) is 16.8 Å². The van der Waals surface area contributed by atoms with Crippen molar-refractivity contribution in [1.82, 2.24) is 14.6 Å². The molecule has 1 aromatic carbocycles. The standard InChI is InChI=1S/C22H21ClN4O2S/c1-22(2,3)16-4-6-17(7-5-16)30(28,29)26-21-9-8-18(23)20-14-19(25-27(20)21)15-10-12-24-13-11-15/h4-14,26H,1-3H3. The highest BCUT2D eigenvalue weighted by atomic mass is 35.5. The summed E-state index contributed by atoms with van der Waals surface area (Å²) in [6, 6.07) is 15.6. The zero-order chi connectivity index (χ0) is 21.5. The summed E-state index contributed by atoms with van der Waals surface area (Å²) < 4.78 is 30.1. The van der Waals surface area contributed by atoms with Gasteiger partial charge in [0.25, 0.3) is 10.0 Å². The van der Waals surface area contributed by atoms with Crippen molar-refractivity contribution in [2.24, 2.45) is 0 Å². The number of nitrogens with zero attached hydrogens (tertiary/aromatic N) is 3. The van der Waals surface area contributed by atoms with E-state index in [0.29, 0.717) is 22.1 Å². The van der Waals surface area contributed by atoms with E-state index in [4.69, 9.17) is 11.6 Å². The minimum atomic E-state index is -3.80. The second-order valence-electron chi connectivity index (χ2n) is 8.01. The van der Waals surface area contributed by atoms with Crippen molar-refractivity contribution in [3.63, 3.8) is 0 Å². The van der Waals surface area contributed by atoms with Crippen LogP contribution in [0.2, 0.25) is 5.02 Å². The fourth-order valence-electron chi connectivity index (χ4n) is 3.11. The lowest BCUT2D eigenvalue weighted by molar-refractivity contribution is 0.587. The van der Waals surface area contributed by atoms with E-state index >= 15 is 0 Å². The minimum Gasteiger partial charge on any atom is -0.265 e. The number of fused-ring (bicyclic) bond motifs is 1. The van der Waals surface area contributed by atoms with E-state index in [9.17, 15) is 8.42 Å². The second-order valence-corrected chi connectivity index (χ2v) is 10.1. The van der Waals surface area contributed by atoms with E-state index in [1.165, 1.54) is 4.52 Å². The Labute approximate surface area is 180 Å². The molecular weight excluding hydrogens is 420 g/mol. The first kappa shape index (κ1) is 20.4. The van der Waals surface area contributed by atoms with Gasteiger partial charge in [0, 0.05) is 18.0 Å². The van der Waals surface area contributed by atoms with Gasteiger partial charge in [-0.2, -0.15) is 5.10 Å². The van der Waals surface area contributed by atoms with Gasteiger partial charge in [-0.05, 0) is 53.4 Å². The molecule has 0 unspecified atom stereocenters. The molecule has 0 radical (unpaired) electrons. The number of halogens is 1. The molecule has 1 N–H and O–H groups in total. The molecule has 3 heterocycles. The Hall–Kier alpha value is -2.90. The molecule has 0 bridgehead atoms. The van der Waals surface area contributed by atoms with Crippen molar-refractivity contribution in [2.75, 3.05) is 4.72 Å². The first-order valence-corrected chi connectivity index (χ1v) is 11.2. The molecule has 3 aromatic heterocycles. The lowest BCUT2D eigenvalue weighted by Gasteiger charge is -2.19. The van der Waals surface area contributed by atoms with Gasteiger partial charge in [0.05, 0.1) is 21.1 Å². The van der Waals surface area contributed by atoms with Crippen LogP contribution in [0.5, 0.6) is 0 Å². The Morgan fingerprint density at radius 3 is 2.27 bits per heavy atom. The van der Waals surface area contributed by atoms with Crippen molar-refractivity contribution >= 4 is 33.0 Å². The van der Waals surface area contributed by atoms with Crippen LogP contribution in [0, 0.1) is 0 Å². The quantitative estimate of drug-likeness (QED) is 0.476. The highest BCUT2D eigenvalue weighted by Crippen LogP contribution is 2.28. The van der Waals surface area contributed by atoms with Gasteiger partial charge in [-0.3, -0.25) is 9.71 Å². The molecule has 0 atom stereocenters. The van der Waals surface area contributed by atoms with Crippen molar-refractivity contribution in [3.05, 3.63) is 77.6 Å². The van der Waals surface area contributed by atoms with Crippen LogP contribution >= 0.6 is 11.6 Å². The molecule has 154 valence electrons. The maximum Gasteiger partial charge on any atom is 0.263 e. The lowest BCUT2D eigenvalue weighted by atomic mass is 9.87. The van der Waals surface area contributed by atoms with Crippen LogP contribution in [-0.4, -0.2) is 23.0 Å². The van der Waals surface area contributed by atoms with Crippen LogP contribution < -0.4 is 4.72 Å². The first-order chi connectivity index (χ1) is 14.1. The average molecular weight is 441 g/mol.